The Labute approximate surface area is 184 Å². The SMILES string of the molecule is CC(C)CN1C(=O)NC2=C(C(=O)N3CCN(c4cccc(Cl)c4)CC3)SNC2C1=O. The smallest absolute Gasteiger partial charge is 0.328 e. The predicted molar refractivity (Wildman–Crippen MR) is 117 cm³/mol. The number of carbonyl (C=O) groups is 3. The van der Waals surface area contributed by atoms with Crippen LogP contribution in [-0.4, -0.2) is 66.4 Å². The van der Waals surface area contributed by atoms with Crippen molar-refractivity contribution in [2.24, 2.45) is 5.92 Å². The summed E-state index contributed by atoms with van der Waals surface area (Å²) in [6.45, 7) is 6.70. The molecule has 3 heterocycles. The van der Waals surface area contributed by atoms with Gasteiger partial charge in [0.2, 0.25) is 0 Å². The maximum absolute atomic E-state index is 13.1. The number of nitrogens with zero attached hydrogens (tertiary/aromatic N) is 3. The molecule has 0 spiro atoms. The Morgan fingerprint density at radius 2 is 1.97 bits per heavy atom. The van der Waals surface area contributed by atoms with Crippen LogP contribution in [0.5, 0.6) is 0 Å². The van der Waals surface area contributed by atoms with Gasteiger partial charge in [-0.25, -0.2) is 9.52 Å². The Bertz CT molecular complexity index is 913. The molecule has 160 valence electrons. The summed E-state index contributed by atoms with van der Waals surface area (Å²) in [5.74, 6) is -0.319. The average molecular weight is 450 g/mol. The van der Waals surface area contributed by atoms with E-state index < -0.39 is 12.1 Å². The molecule has 0 aliphatic carbocycles. The molecule has 1 aromatic rings. The van der Waals surface area contributed by atoms with Crippen LogP contribution in [0, 0.1) is 5.92 Å². The number of imide groups is 1. The second-order valence-corrected chi connectivity index (χ2v) is 9.21. The lowest BCUT2D eigenvalue weighted by Gasteiger charge is -2.36. The fraction of sp³-hybridized carbons (Fsp3) is 0.450. The van der Waals surface area contributed by atoms with Crippen LogP contribution in [0.4, 0.5) is 10.5 Å². The number of fused-ring (bicyclic) bond motifs is 1. The first kappa shape index (κ1) is 21.0. The van der Waals surface area contributed by atoms with Crippen LogP contribution < -0.4 is 14.9 Å². The van der Waals surface area contributed by atoms with Crippen LogP contribution in [-0.2, 0) is 9.59 Å². The molecule has 0 saturated carbocycles. The molecule has 0 aromatic heterocycles. The van der Waals surface area contributed by atoms with Crippen LogP contribution in [0.25, 0.3) is 0 Å². The highest BCUT2D eigenvalue weighted by Crippen LogP contribution is 2.32. The molecule has 0 bridgehead atoms. The molecule has 10 heteroatoms. The van der Waals surface area contributed by atoms with Crippen LogP contribution in [0.1, 0.15) is 13.8 Å². The summed E-state index contributed by atoms with van der Waals surface area (Å²) in [5.41, 5.74) is 1.40. The molecule has 4 rings (SSSR count). The van der Waals surface area contributed by atoms with Gasteiger partial charge in [0, 0.05) is 43.4 Å². The topological polar surface area (TPSA) is 85.0 Å². The van der Waals surface area contributed by atoms with E-state index >= 15 is 0 Å². The average Bonchev–Trinajstić information content (AvgIpc) is 3.14. The van der Waals surface area contributed by atoms with Crippen molar-refractivity contribution < 1.29 is 14.4 Å². The van der Waals surface area contributed by atoms with E-state index in [2.05, 4.69) is 14.9 Å². The third kappa shape index (κ3) is 4.01. The molecule has 4 amide bonds. The lowest BCUT2D eigenvalue weighted by atomic mass is 10.1. The molecule has 2 fully saturated rings. The van der Waals surface area contributed by atoms with E-state index in [1.165, 1.54) is 4.90 Å². The minimum atomic E-state index is -0.696. The summed E-state index contributed by atoms with van der Waals surface area (Å²) >= 11 is 7.20. The van der Waals surface area contributed by atoms with Gasteiger partial charge in [-0.3, -0.25) is 14.5 Å². The molecule has 0 radical (unpaired) electrons. The van der Waals surface area contributed by atoms with Crippen LogP contribution in [0.15, 0.2) is 34.9 Å². The van der Waals surface area contributed by atoms with E-state index in [1.54, 1.807) is 4.90 Å². The molecule has 1 atom stereocenters. The molecule has 8 nitrogen and oxygen atoms in total. The fourth-order valence-electron chi connectivity index (χ4n) is 3.79. The third-order valence-corrected chi connectivity index (χ3v) is 6.48. The minimum absolute atomic E-state index is 0.163. The maximum Gasteiger partial charge on any atom is 0.328 e. The fourth-order valence-corrected chi connectivity index (χ4v) is 4.92. The number of hydrogen-bond donors (Lipinski definition) is 2. The van der Waals surface area contributed by atoms with E-state index in [0.717, 1.165) is 17.6 Å². The molecular formula is C20H24ClN5O3S. The number of nitrogens with one attached hydrogen (secondary N) is 2. The summed E-state index contributed by atoms with van der Waals surface area (Å²) in [6, 6.07) is 6.49. The first-order valence-electron chi connectivity index (χ1n) is 9.94. The number of anilines is 1. The van der Waals surface area contributed by atoms with Gasteiger partial charge >= 0.3 is 6.03 Å². The number of halogens is 1. The van der Waals surface area contributed by atoms with Gasteiger partial charge in [-0.1, -0.05) is 31.5 Å². The largest absolute Gasteiger partial charge is 0.368 e. The van der Waals surface area contributed by atoms with Crippen molar-refractivity contribution in [2.45, 2.75) is 19.9 Å². The molecule has 1 aromatic carbocycles. The van der Waals surface area contributed by atoms with Crippen molar-refractivity contribution >= 4 is 47.1 Å². The van der Waals surface area contributed by atoms with Crippen molar-refractivity contribution in [2.75, 3.05) is 37.6 Å². The summed E-state index contributed by atoms with van der Waals surface area (Å²) in [4.78, 5) is 43.8. The molecule has 2 N–H and O–H groups in total. The van der Waals surface area contributed by atoms with E-state index in [9.17, 15) is 14.4 Å². The Hall–Kier alpha value is -2.23. The molecule has 1 unspecified atom stereocenters. The lowest BCUT2D eigenvalue weighted by molar-refractivity contribution is -0.130. The van der Waals surface area contributed by atoms with Gasteiger partial charge in [-0.15, -0.1) is 0 Å². The van der Waals surface area contributed by atoms with Crippen LogP contribution >= 0.6 is 23.5 Å². The zero-order chi connectivity index (χ0) is 21.4. The zero-order valence-corrected chi connectivity index (χ0v) is 18.4. The van der Waals surface area contributed by atoms with Crippen molar-refractivity contribution in [3.05, 3.63) is 39.9 Å². The molecule has 2 saturated heterocycles. The number of amides is 4. The van der Waals surface area contributed by atoms with Gasteiger partial charge < -0.3 is 15.1 Å². The van der Waals surface area contributed by atoms with E-state index in [4.69, 9.17) is 11.6 Å². The van der Waals surface area contributed by atoms with Crippen LogP contribution in [0.3, 0.4) is 0 Å². The number of piperazine rings is 1. The van der Waals surface area contributed by atoms with E-state index in [1.807, 2.05) is 38.1 Å². The normalized spacial score (nSPS) is 22.0. The van der Waals surface area contributed by atoms with Gasteiger partial charge in [0.05, 0.1) is 5.70 Å². The number of urea groups is 1. The highest BCUT2D eigenvalue weighted by molar-refractivity contribution is 8.02. The highest BCUT2D eigenvalue weighted by atomic mass is 35.5. The monoisotopic (exact) mass is 449 g/mol. The minimum Gasteiger partial charge on any atom is -0.368 e. The standard InChI is InChI=1S/C20H24ClN5O3S/c1-12(2)11-26-18(27)16-15(22-20(26)29)17(30-23-16)19(28)25-8-6-24(7-9-25)14-5-3-4-13(21)10-14/h3-5,10,12,16,23H,6-9,11H2,1-2H3,(H,22,29). The van der Waals surface area contributed by atoms with Gasteiger partial charge in [0.15, 0.2) is 0 Å². The Morgan fingerprint density at radius 3 is 2.63 bits per heavy atom. The van der Waals surface area contributed by atoms with Crippen molar-refractivity contribution in [1.29, 1.82) is 0 Å². The molecular weight excluding hydrogens is 426 g/mol. The molecule has 3 aliphatic rings. The van der Waals surface area contributed by atoms with Crippen LogP contribution in [0.2, 0.25) is 5.02 Å². The Balaban J connectivity index is 1.44. The van der Waals surface area contributed by atoms with E-state index in [-0.39, 0.29) is 17.7 Å². The van der Waals surface area contributed by atoms with Gasteiger partial charge in [-0.05, 0) is 36.1 Å². The Morgan fingerprint density at radius 1 is 1.23 bits per heavy atom. The van der Waals surface area contributed by atoms with Gasteiger partial charge in [0.25, 0.3) is 11.8 Å². The Kier molecular flexibility index (Phi) is 5.95. The van der Waals surface area contributed by atoms with Crippen molar-refractivity contribution in [3.63, 3.8) is 0 Å². The summed E-state index contributed by atoms with van der Waals surface area (Å²) in [6.07, 6.45) is 0. The first-order chi connectivity index (χ1) is 14.3. The van der Waals surface area contributed by atoms with Gasteiger partial charge in [0.1, 0.15) is 10.9 Å². The second kappa shape index (κ2) is 8.49. The number of rotatable bonds is 4. The van der Waals surface area contributed by atoms with Gasteiger partial charge in [-0.2, -0.15) is 0 Å². The maximum atomic E-state index is 13.1. The number of hydrogen-bond acceptors (Lipinski definition) is 6. The molecule has 3 aliphatic heterocycles. The summed E-state index contributed by atoms with van der Waals surface area (Å²) < 4.78 is 3.01. The quantitative estimate of drug-likeness (QED) is 0.684. The van der Waals surface area contributed by atoms with Crippen molar-refractivity contribution in [3.8, 4) is 0 Å². The number of carbonyl (C=O) groups excluding carboxylic acids is 3. The summed E-state index contributed by atoms with van der Waals surface area (Å²) in [7, 11) is 0. The van der Waals surface area contributed by atoms with E-state index in [0.29, 0.717) is 48.3 Å². The zero-order valence-electron chi connectivity index (χ0n) is 16.9. The summed E-state index contributed by atoms with van der Waals surface area (Å²) in [5, 5.41) is 3.45. The van der Waals surface area contributed by atoms with Crippen molar-refractivity contribution in [1.82, 2.24) is 19.8 Å². The first-order valence-corrected chi connectivity index (χ1v) is 11.1. The lowest BCUT2D eigenvalue weighted by Crippen LogP contribution is -2.58. The predicted octanol–water partition coefficient (Wildman–Crippen LogP) is 2.03. The highest BCUT2D eigenvalue weighted by Gasteiger charge is 2.45. The second-order valence-electron chi connectivity index (χ2n) is 7.93. The molecule has 30 heavy (non-hydrogen) atoms. The third-order valence-electron chi connectivity index (χ3n) is 5.29. The number of benzene rings is 1.